The highest BCUT2D eigenvalue weighted by Crippen LogP contribution is 2.38. The number of nitrogens with zero attached hydrogens (tertiary/aromatic N) is 1. The standard InChI is InChI=1S/C17H28N2.2ClH/c1-5-14-6-8-15(9-7-14)16(17(2,3)4)19-12-10-18-11-13-19;;/h6-9,16,18H,5,10-13H2,1-4H3;2*1H/t16-;;/m0../s1. The van der Waals surface area contributed by atoms with Crippen molar-refractivity contribution in [3.63, 3.8) is 0 Å². The second-order valence-corrected chi connectivity index (χ2v) is 6.65. The van der Waals surface area contributed by atoms with Crippen molar-refractivity contribution in [2.75, 3.05) is 26.2 Å². The van der Waals surface area contributed by atoms with Crippen molar-refractivity contribution in [2.24, 2.45) is 5.41 Å². The summed E-state index contributed by atoms with van der Waals surface area (Å²) < 4.78 is 0. The van der Waals surface area contributed by atoms with Crippen LogP contribution >= 0.6 is 24.8 Å². The normalized spacial score (nSPS) is 17.5. The summed E-state index contributed by atoms with van der Waals surface area (Å²) in [5.41, 5.74) is 3.16. The number of aryl methyl sites for hydroxylation is 1. The highest BCUT2D eigenvalue weighted by atomic mass is 35.5. The molecule has 1 aliphatic heterocycles. The fraction of sp³-hybridized carbons (Fsp3) is 0.647. The molecule has 1 aliphatic rings. The van der Waals surface area contributed by atoms with Gasteiger partial charge in [0.2, 0.25) is 0 Å². The summed E-state index contributed by atoms with van der Waals surface area (Å²) in [6.45, 7) is 13.8. The van der Waals surface area contributed by atoms with E-state index < -0.39 is 0 Å². The van der Waals surface area contributed by atoms with Crippen LogP contribution in [-0.2, 0) is 6.42 Å². The van der Waals surface area contributed by atoms with Gasteiger partial charge in [-0.15, -0.1) is 24.8 Å². The first-order chi connectivity index (χ1) is 9.02. The van der Waals surface area contributed by atoms with Crippen molar-refractivity contribution in [3.05, 3.63) is 35.4 Å². The van der Waals surface area contributed by atoms with E-state index in [1.54, 1.807) is 0 Å². The van der Waals surface area contributed by atoms with E-state index in [0.29, 0.717) is 6.04 Å². The molecule has 1 saturated heterocycles. The highest BCUT2D eigenvalue weighted by Gasteiger charge is 2.32. The Labute approximate surface area is 142 Å². The van der Waals surface area contributed by atoms with Crippen molar-refractivity contribution in [3.8, 4) is 0 Å². The molecule has 0 aromatic heterocycles. The third-order valence-corrected chi connectivity index (χ3v) is 4.04. The van der Waals surface area contributed by atoms with E-state index >= 15 is 0 Å². The molecule has 2 nitrogen and oxygen atoms in total. The van der Waals surface area contributed by atoms with E-state index in [1.807, 2.05) is 0 Å². The van der Waals surface area contributed by atoms with Gasteiger partial charge in [-0.05, 0) is 23.0 Å². The maximum absolute atomic E-state index is 3.45. The predicted octanol–water partition coefficient (Wildman–Crippen LogP) is 4.09. The average molecular weight is 333 g/mol. The molecule has 1 N–H and O–H groups in total. The molecule has 0 bridgehead atoms. The van der Waals surface area contributed by atoms with Crippen LogP contribution in [0.3, 0.4) is 0 Å². The molecule has 1 aromatic rings. The molecule has 1 aromatic carbocycles. The molecule has 21 heavy (non-hydrogen) atoms. The first kappa shape index (κ1) is 20.7. The molecular formula is C17H30Cl2N2. The van der Waals surface area contributed by atoms with Gasteiger partial charge in [0, 0.05) is 32.2 Å². The predicted molar refractivity (Wildman–Crippen MR) is 97.0 cm³/mol. The second-order valence-electron chi connectivity index (χ2n) is 6.65. The van der Waals surface area contributed by atoms with Crippen molar-refractivity contribution in [1.82, 2.24) is 10.2 Å². The molecule has 0 amide bonds. The first-order valence-electron chi connectivity index (χ1n) is 7.56. The molecule has 4 heteroatoms. The number of hydrogen-bond donors (Lipinski definition) is 1. The summed E-state index contributed by atoms with van der Waals surface area (Å²) in [4.78, 5) is 2.64. The van der Waals surface area contributed by atoms with E-state index in [4.69, 9.17) is 0 Å². The minimum atomic E-state index is 0. The number of benzene rings is 1. The first-order valence-corrected chi connectivity index (χ1v) is 7.56. The molecule has 0 radical (unpaired) electrons. The summed E-state index contributed by atoms with van der Waals surface area (Å²) in [6.07, 6.45) is 1.12. The molecule has 0 saturated carbocycles. The molecule has 1 atom stereocenters. The SMILES string of the molecule is CCc1ccc([C@H](N2CCNCC2)C(C)(C)C)cc1.Cl.Cl. The smallest absolute Gasteiger partial charge is 0.0397 e. The van der Waals surface area contributed by atoms with Crippen molar-refractivity contribution in [2.45, 2.75) is 40.2 Å². The number of hydrogen-bond acceptors (Lipinski definition) is 2. The lowest BCUT2D eigenvalue weighted by Crippen LogP contribution is -2.48. The lowest BCUT2D eigenvalue weighted by Gasteiger charge is -2.42. The van der Waals surface area contributed by atoms with Crippen LogP contribution in [0.25, 0.3) is 0 Å². The van der Waals surface area contributed by atoms with Gasteiger partial charge in [-0.1, -0.05) is 52.0 Å². The van der Waals surface area contributed by atoms with Gasteiger partial charge in [-0.25, -0.2) is 0 Å². The third-order valence-electron chi connectivity index (χ3n) is 4.04. The maximum atomic E-state index is 3.45. The minimum Gasteiger partial charge on any atom is -0.314 e. The number of piperazine rings is 1. The van der Waals surface area contributed by atoms with Gasteiger partial charge < -0.3 is 5.32 Å². The molecule has 0 spiro atoms. The Hall–Kier alpha value is -0.280. The molecule has 1 fully saturated rings. The van der Waals surface area contributed by atoms with E-state index in [0.717, 1.165) is 32.6 Å². The van der Waals surface area contributed by atoms with Crippen molar-refractivity contribution in [1.29, 1.82) is 0 Å². The number of nitrogens with one attached hydrogen (secondary N) is 1. The van der Waals surface area contributed by atoms with Crippen LogP contribution in [0.1, 0.15) is 44.9 Å². The fourth-order valence-corrected chi connectivity index (χ4v) is 3.13. The molecule has 0 aliphatic carbocycles. The Morgan fingerprint density at radius 2 is 1.57 bits per heavy atom. The fourth-order valence-electron chi connectivity index (χ4n) is 3.13. The highest BCUT2D eigenvalue weighted by molar-refractivity contribution is 5.85. The zero-order valence-corrected chi connectivity index (χ0v) is 15.3. The van der Waals surface area contributed by atoms with Crippen LogP contribution in [0.4, 0.5) is 0 Å². The van der Waals surface area contributed by atoms with Gasteiger partial charge in [0.05, 0.1) is 0 Å². The summed E-state index contributed by atoms with van der Waals surface area (Å²) >= 11 is 0. The van der Waals surface area contributed by atoms with E-state index in [2.05, 4.69) is 62.2 Å². The van der Waals surface area contributed by atoms with Gasteiger partial charge >= 0.3 is 0 Å². The Morgan fingerprint density at radius 3 is 2.00 bits per heavy atom. The molecule has 0 unspecified atom stereocenters. The van der Waals surface area contributed by atoms with Crippen LogP contribution in [0.2, 0.25) is 0 Å². The van der Waals surface area contributed by atoms with E-state index in [1.165, 1.54) is 11.1 Å². The molecule has 1 heterocycles. The quantitative estimate of drug-likeness (QED) is 0.896. The molecule has 122 valence electrons. The average Bonchev–Trinajstić information content (AvgIpc) is 2.39. The molecular weight excluding hydrogens is 303 g/mol. The minimum absolute atomic E-state index is 0. The van der Waals surface area contributed by atoms with Crippen molar-refractivity contribution < 1.29 is 0 Å². The monoisotopic (exact) mass is 332 g/mol. The number of halogens is 2. The van der Waals surface area contributed by atoms with Gasteiger partial charge in [-0.3, -0.25) is 4.90 Å². The van der Waals surface area contributed by atoms with Crippen LogP contribution in [-0.4, -0.2) is 31.1 Å². The lowest BCUT2D eigenvalue weighted by atomic mass is 9.80. The Kier molecular flexibility index (Phi) is 8.87. The van der Waals surface area contributed by atoms with E-state index in [9.17, 15) is 0 Å². The Bertz CT molecular complexity index is 392. The van der Waals surface area contributed by atoms with Gasteiger partial charge in [0.15, 0.2) is 0 Å². The van der Waals surface area contributed by atoms with Crippen LogP contribution in [0, 0.1) is 5.41 Å². The molecule has 2 rings (SSSR count). The summed E-state index contributed by atoms with van der Waals surface area (Å²) in [6, 6.07) is 9.75. The third kappa shape index (κ3) is 5.45. The topological polar surface area (TPSA) is 15.3 Å². The summed E-state index contributed by atoms with van der Waals surface area (Å²) in [5.74, 6) is 0. The Balaban J connectivity index is 0.00000200. The van der Waals surface area contributed by atoms with Crippen LogP contribution < -0.4 is 5.32 Å². The number of rotatable bonds is 3. The largest absolute Gasteiger partial charge is 0.314 e. The zero-order chi connectivity index (χ0) is 13.9. The van der Waals surface area contributed by atoms with Crippen molar-refractivity contribution >= 4 is 24.8 Å². The second kappa shape index (κ2) is 8.99. The maximum Gasteiger partial charge on any atom is 0.0397 e. The van der Waals surface area contributed by atoms with Gasteiger partial charge in [-0.2, -0.15) is 0 Å². The zero-order valence-electron chi connectivity index (χ0n) is 13.7. The lowest BCUT2D eigenvalue weighted by molar-refractivity contribution is 0.0862. The summed E-state index contributed by atoms with van der Waals surface area (Å²) in [5, 5.41) is 3.45. The van der Waals surface area contributed by atoms with Gasteiger partial charge in [0.25, 0.3) is 0 Å². The summed E-state index contributed by atoms with van der Waals surface area (Å²) in [7, 11) is 0. The van der Waals surface area contributed by atoms with E-state index in [-0.39, 0.29) is 30.2 Å². The van der Waals surface area contributed by atoms with Crippen LogP contribution in [0.15, 0.2) is 24.3 Å². The Morgan fingerprint density at radius 1 is 1.05 bits per heavy atom. The van der Waals surface area contributed by atoms with Crippen LogP contribution in [0.5, 0.6) is 0 Å². The van der Waals surface area contributed by atoms with Gasteiger partial charge in [0.1, 0.15) is 0 Å².